The van der Waals surface area contributed by atoms with Gasteiger partial charge in [0.05, 0.1) is 12.3 Å². The molecule has 0 radical (unpaired) electrons. The van der Waals surface area contributed by atoms with Gasteiger partial charge in [0.1, 0.15) is 5.75 Å². The number of aliphatic hydroxyl groups excluding tert-OH is 1. The summed E-state index contributed by atoms with van der Waals surface area (Å²) in [5.74, 6) is 0.562. The zero-order valence-corrected chi connectivity index (χ0v) is 23.6. The molecule has 0 saturated heterocycles. The Kier molecular flexibility index (Phi) is 9.09. The van der Waals surface area contributed by atoms with Crippen LogP contribution in [0.3, 0.4) is 0 Å². The Bertz CT molecular complexity index is 1500. The van der Waals surface area contributed by atoms with Crippen LogP contribution in [0.2, 0.25) is 10.0 Å². The number of nitrogens with zero attached hydrogens (tertiary/aromatic N) is 1. The number of rotatable bonds is 11. The normalized spacial score (nSPS) is 17.8. The topological polar surface area (TPSA) is 92.2 Å². The molecule has 1 heterocycles. The summed E-state index contributed by atoms with van der Waals surface area (Å²) in [5, 5.41) is 9.86. The molecular formula is C32H29Cl2N3O4. The summed E-state index contributed by atoms with van der Waals surface area (Å²) in [6.45, 7) is 0.460. The lowest BCUT2D eigenvalue weighted by Gasteiger charge is -2.31. The predicted octanol–water partition coefficient (Wildman–Crippen LogP) is 6.40. The molecule has 0 fully saturated rings. The minimum atomic E-state index is -1.42. The maximum Gasteiger partial charge on any atom is 0.270 e. The molecule has 9 heteroatoms. The van der Waals surface area contributed by atoms with Crippen molar-refractivity contribution in [2.45, 2.75) is 24.5 Å². The summed E-state index contributed by atoms with van der Waals surface area (Å²) in [4.78, 5) is 19.2. The Balaban J connectivity index is 1.56. The largest absolute Gasteiger partial charge is 0.494 e. The second-order valence-electron chi connectivity index (χ2n) is 9.56. The van der Waals surface area contributed by atoms with E-state index in [0.717, 1.165) is 11.3 Å². The summed E-state index contributed by atoms with van der Waals surface area (Å²) >= 11 is 12.9. The lowest BCUT2D eigenvalue weighted by molar-refractivity contribution is -0.128. The lowest BCUT2D eigenvalue weighted by Crippen LogP contribution is -2.51. The Hall–Kier alpha value is -4.04. The fourth-order valence-electron chi connectivity index (χ4n) is 4.64. The first-order valence-electron chi connectivity index (χ1n) is 13.2. The van der Waals surface area contributed by atoms with Gasteiger partial charge in [-0.3, -0.25) is 15.6 Å². The summed E-state index contributed by atoms with van der Waals surface area (Å²) < 4.78 is 12.2. The number of nitrogens with one attached hydrogen (secondary N) is 2. The molecule has 1 aliphatic heterocycles. The molecule has 4 aromatic carbocycles. The highest BCUT2D eigenvalue weighted by Gasteiger charge is 2.54. The molecule has 7 nitrogen and oxygen atoms in total. The van der Waals surface area contributed by atoms with Gasteiger partial charge in [-0.25, -0.2) is 4.99 Å². The number of anilines is 1. The Morgan fingerprint density at radius 2 is 1.66 bits per heavy atom. The maximum absolute atomic E-state index is 14.2. The molecule has 4 aromatic rings. The Morgan fingerprint density at radius 1 is 0.951 bits per heavy atom. The van der Waals surface area contributed by atoms with Crippen LogP contribution in [0, 0.1) is 0 Å². The number of hydrazine groups is 1. The zero-order chi connectivity index (χ0) is 28.7. The van der Waals surface area contributed by atoms with Gasteiger partial charge in [-0.1, -0.05) is 77.8 Å². The van der Waals surface area contributed by atoms with Gasteiger partial charge < -0.3 is 14.6 Å². The van der Waals surface area contributed by atoms with Gasteiger partial charge in [0, 0.05) is 40.6 Å². The summed E-state index contributed by atoms with van der Waals surface area (Å²) in [7, 11) is 0. The first kappa shape index (κ1) is 28.5. The highest BCUT2D eigenvalue weighted by atomic mass is 35.5. The molecule has 41 heavy (non-hydrogen) atoms. The van der Waals surface area contributed by atoms with Crippen LogP contribution in [0.1, 0.15) is 29.2 Å². The Labute approximate surface area is 248 Å². The van der Waals surface area contributed by atoms with E-state index in [-0.39, 0.29) is 18.9 Å². The number of carbonyl (C=O) groups is 1. The molecule has 0 aliphatic carbocycles. The van der Waals surface area contributed by atoms with E-state index in [0.29, 0.717) is 45.8 Å². The molecule has 0 aromatic heterocycles. The highest BCUT2D eigenvalue weighted by Crippen LogP contribution is 2.45. The van der Waals surface area contributed by atoms with Crippen molar-refractivity contribution in [2.24, 2.45) is 4.99 Å². The summed E-state index contributed by atoms with van der Waals surface area (Å²) in [5.41, 5.74) is 7.32. The quantitative estimate of drug-likeness (QED) is 0.139. The molecule has 0 bridgehead atoms. The number of aliphatic hydroxyl groups is 1. The van der Waals surface area contributed by atoms with Crippen LogP contribution in [0.4, 0.5) is 5.69 Å². The van der Waals surface area contributed by atoms with E-state index < -0.39 is 11.6 Å². The average Bonchev–Trinajstić information content (AvgIpc) is 3.37. The minimum absolute atomic E-state index is 0.0576. The molecule has 0 spiro atoms. The number of hydrogen-bond donors (Lipinski definition) is 3. The van der Waals surface area contributed by atoms with Gasteiger partial charge in [0.2, 0.25) is 5.90 Å². The highest BCUT2D eigenvalue weighted by molar-refractivity contribution is 6.35. The number of hydrogen-bond acceptors (Lipinski definition) is 6. The van der Waals surface area contributed by atoms with Gasteiger partial charge >= 0.3 is 0 Å². The van der Waals surface area contributed by atoms with E-state index in [4.69, 9.17) is 42.8 Å². The predicted molar refractivity (Wildman–Crippen MR) is 162 cm³/mol. The zero-order valence-electron chi connectivity index (χ0n) is 22.1. The van der Waals surface area contributed by atoms with E-state index in [9.17, 15) is 4.79 Å². The average molecular weight is 591 g/mol. The number of aliphatic imine (C=N–C) groups is 1. The third kappa shape index (κ3) is 6.65. The molecule has 1 aliphatic rings. The molecule has 210 valence electrons. The van der Waals surface area contributed by atoms with Crippen molar-refractivity contribution in [1.82, 2.24) is 5.43 Å². The molecule has 5 rings (SSSR count). The molecule has 0 unspecified atom stereocenters. The number of halogens is 2. The molecule has 3 N–H and O–H groups in total. The molecule has 2 atom stereocenters. The number of para-hydroxylation sites is 1. The second kappa shape index (κ2) is 13.1. The van der Waals surface area contributed by atoms with Gasteiger partial charge in [-0.15, -0.1) is 0 Å². The van der Waals surface area contributed by atoms with Crippen LogP contribution in [0.25, 0.3) is 0 Å². The minimum Gasteiger partial charge on any atom is -0.494 e. The smallest absolute Gasteiger partial charge is 0.270 e. The number of ether oxygens (including phenoxy) is 2. The van der Waals surface area contributed by atoms with Crippen LogP contribution in [-0.4, -0.2) is 35.7 Å². The van der Waals surface area contributed by atoms with Crippen molar-refractivity contribution in [1.29, 1.82) is 0 Å². The first-order chi connectivity index (χ1) is 20.0. The third-order valence-corrected chi connectivity index (χ3v) is 7.25. The van der Waals surface area contributed by atoms with Crippen molar-refractivity contribution in [2.75, 3.05) is 18.6 Å². The van der Waals surface area contributed by atoms with E-state index in [1.807, 2.05) is 72.8 Å². The fourth-order valence-corrected chi connectivity index (χ4v) is 5.15. The van der Waals surface area contributed by atoms with Crippen LogP contribution in [0.15, 0.2) is 108 Å². The van der Waals surface area contributed by atoms with E-state index >= 15 is 0 Å². The molecule has 0 saturated carbocycles. The monoisotopic (exact) mass is 589 g/mol. The lowest BCUT2D eigenvalue weighted by atomic mass is 9.82. The van der Waals surface area contributed by atoms with E-state index in [1.165, 1.54) is 0 Å². The van der Waals surface area contributed by atoms with Crippen LogP contribution < -0.4 is 15.6 Å². The number of amides is 1. The summed E-state index contributed by atoms with van der Waals surface area (Å²) in [6, 6.07) is 31.4. The van der Waals surface area contributed by atoms with Crippen LogP contribution >= 0.6 is 23.2 Å². The fraction of sp³-hybridized carbons (Fsp3) is 0.188. The van der Waals surface area contributed by atoms with Gasteiger partial charge in [-0.2, -0.15) is 0 Å². The number of carbonyl (C=O) groups excluding carboxylic acids is 1. The van der Waals surface area contributed by atoms with Crippen molar-refractivity contribution in [3.8, 4) is 5.75 Å². The first-order valence-corrected chi connectivity index (χ1v) is 13.9. The standard InChI is InChI=1S/C32H29Cl2N3O4/c33-24-14-17-27(28(34)20-24)29-32(21-22-8-3-1-4-9-22,31(39)37-36-25-10-5-2-6-11-25)35-30(41-29)23-12-15-26(16-13-23)40-19-7-18-38/h1-6,8-17,20,29,36,38H,7,18-19,21H2,(H,37,39)/t29-,32-/m0/s1. The molecular weight excluding hydrogens is 561 g/mol. The van der Waals surface area contributed by atoms with E-state index in [2.05, 4.69) is 10.9 Å². The van der Waals surface area contributed by atoms with Crippen LogP contribution in [-0.2, 0) is 16.0 Å². The van der Waals surface area contributed by atoms with E-state index in [1.54, 1.807) is 30.3 Å². The van der Waals surface area contributed by atoms with Crippen molar-refractivity contribution >= 4 is 40.7 Å². The van der Waals surface area contributed by atoms with Gasteiger partial charge in [0.25, 0.3) is 5.91 Å². The van der Waals surface area contributed by atoms with Crippen molar-refractivity contribution < 1.29 is 19.4 Å². The van der Waals surface area contributed by atoms with Crippen molar-refractivity contribution in [3.05, 3.63) is 130 Å². The number of benzene rings is 4. The second-order valence-corrected chi connectivity index (χ2v) is 10.4. The SMILES string of the molecule is O=C(NNc1ccccc1)[C@@]1(Cc2ccccc2)N=C(c2ccc(OCCCO)cc2)O[C@H]1c1ccc(Cl)cc1Cl. The van der Waals surface area contributed by atoms with Gasteiger partial charge in [0.15, 0.2) is 11.6 Å². The Morgan fingerprint density at radius 3 is 2.34 bits per heavy atom. The summed E-state index contributed by atoms with van der Waals surface area (Å²) in [6.07, 6.45) is -0.0820. The van der Waals surface area contributed by atoms with Crippen molar-refractivity contribution in [3.63, 3.8) is 0 Å². The maximum atomic E-state index is 14.2. The molecule has 1 amide bonds. The van der Waals surface area contributed by atoms with Crippen LogP contribution in [0.5, 0.6) is 5.75 Å². The van der Waals surface area contributed by atoms with Gasteiger partial charge in [-0.05, 0) is 54.1 Å². The third-order valence-electron chi connectivity index (χ3n) is 6.69.